The highest BCUT2D eigenvalue weighted by Gasteiger charge is 2.52. The van der Waals surface area contributed by atoms with Crippen LogP contribution in [0.1, 0.15) is 125 Å². The van der Waals surface area contributed by atoms with E-state index in [4.69, 9.17) is 4.43 Å². The highest BCUT2D eigenvalue weighted by molar-refractivity contribution is 6.74. The molecule has 0 saturated heterocycles. The number of benzene rings is 1. The quantitative estimate of drug-likeness (QED) is 0.232. The number of rotatable bonds is 6. The van der Waals surface area contributed by atoms with Crippen molar-refractivity contribution in [1.29, 1.82) is 0 Å². The zero-order valence-electron chi connectivity index (χ0n) is 30.4. The van der Waals surface area contributed by atoms with Crippen molar-refractivity contribution >= 4 is 19.1 Å². The summed E-state index contributed by atoms with van der Waals surface area (Å²) < 4.78 is 11.1. The standard InChI is InChI=1S/C40H60N2O3Si/c1-25(2)23-26(3)27(4)35(31-17-13-21-40(8)22-14-18-33(31)40)36-32-24-28(45-46(9,10)39(5,6)7)19-20-34(32)41-37(43)29-15-11-12-16-30(29)38(44)42(36)41/h11-12,15-16,23,25,27-28,32-34,36H,13-14,17-22,24H2,1-10H3/b26-23+,35-31?. The molecule has 0 amide bonds. The molecule has 3 fully saturated rings. The zero-order chi connectivity index (χ0) is 33.3. The Bertz CT molecular complexity index is 1670. The third-order valence-electron chi connectivity index (χ3n) is 13.2. The Balaban J connectivity index is 1.60. The maximum Gasteiger partial charge on any atom is 0.273 e. The van der Waals surface area contributed by atoms with E-state index in [2.05, 4.69) is 74.6 Å². The minimum atomic E-state index is -2.00. The molecule has 0 radical (unpaired) electrons. The van der Waals surface area contributed by atoms with Crippen LogP contribution in [0, 0.1) is 29.1 Å². The second-order valence-electron chi connectivity index (χ2n) is 17.6. The minimum Gasteiger partial charge on any atom is -0.414 e. The molecule has 3 aliphatic carbocycles. The molecular formula is C40H60N2O3Si. The number of hydrogen-bond donors (Lipinski definition) is 0. The van der Waals surface area contributed by atoms with E-state index in [1.165, 1.54) is 43.3 Å². The van der Waals surface area contributed by atoms with Gasteiger partial charge in [-0.05, 0) is 117 Å². The van der Waals surface area contributed by atoms with Crippen LogP contribution in [0.4, 0.5) is 0 Å². The number of allylic oxidation sites excluding steroid dienone is 4. The summed E-state index contributed by atoms with van der Waals surface area (Å²) in [6, 6.07) is 7.39. The fraction of sp³-hybridized carbons (Fsp3) is 0.700. The van der Waals surface area contributed by atoms with Crippen molar-refractivity contribution in [1.82, 2.24) is 9.36 Å². The van der Waals surface area contributed by atoms with Crippen molar-refractivity contribution in [3.05, 3.63) is 67.8 Å². The van der Waals surface area contributed by atoms with Gasteiger partial charge in [0.25, 0.3) is 11.1 Å². The van der Waals surface area contributed by atoms with Gasteiger partial charge in [0, 0.05) is 12.0 Å². The van der Waals surface area contributed by atoms with E-state index in [1.54, 1.807) is 5.57 Å². The Morgan fingerprint density at radius 2 is 1.61 bits per heavy atom. The molecule has 0 bridgehead atoms. The average Bonchev–Trinajstić information content (AvgIpc) is 3.53. The lowest BCUT2D eigenvalue weighted by Gasteiger charge is -2.44. The summed E-state index contributed by atoms with van der Waals surface area (Å²) in [6.07, 6.45) is 12.7. The van der Waals surface area contributed by atoms with Crippen LogP contribution in [0.25, 0.3) is 10.8 Å². The van der Waals surface area contributed by atoms with Crippen molar-refractivity contribution in [2.75, 3.05) is 0 Å². The topological polar surface area (TPSA) is 53.2 Å². The number of nitrogens with zero attached hydrogens (tertiary/aromatic N) is 2. The van der Waals surface area contributed by atoms with Gasteiger partial charge in [0.2, 0.25) is 0 Å². The van der Waals surface area contributed by atoms with Crippen molar-refractivity contribution in [2.45, 2.75) is 149 Å². The third-order valence-corrected chi connectivity index (χ3v) is 17.8. The summed E-state index contributed by atoms with van der Waals surface area (Å²) in [7, 11) is -2.00. The summed E-state index contributed by atoms with van der Waals surface area (Å²) in [5, 5.41) is 1.24. The van der Waals surface area contributed by atoms with Gasteiger partial charge in [0.15, 0.2) is 8.32 Å². The molecule has 6 rings (SSSR count). The molecule has 7 atom stereocenters. The van der Waals surface area contributed by atoms with Gasteiger partial charge in [-0.2, -0.15) is 0 Å². The van der Waals surface area contributed by atoms with E-state index in [0.717, 1.165) is 25.7 Å². The maximum absolute atomic E-state index is 14.8. The van der Waals surface area contributed by atoms with E-state index in [0.29, 0.717) is 28.0 Å². The molecular weight excluding hydrogens is 585 g/mol. The molecule has 252 valence electrons. The summed E-state index contributed by atoms with van der Waals surface area (Å²) in [4.78, 5) is 29.2. The van der Waals surface area contributed by atoms with E-state index >= 15 is 0 Å². The molecule has 46 heavy (non-hydrogen) atoms. The molecule has 6 heteroatoms. The fourth-order valence-corrected chi connectivity index (χ4v) is 11.3. The van der Waals surface area contributed by atoms with Crippen molar-refractivity contribution in [3.63, 3.8) is 0 Å². The SMILES string of the molecule is C/C(=C\C(C)C)C(C)C(=C1CCCC2(C)CCCC12)C1C2CC(O[Si](C)(C)C(C)(C)C)CCC2n2c(=O)c3ccccc3c(=O)n21. The highest BCUT2D eigenvalue weighted by Crippen LogP contribution is 2.59. The Labute approximate surface area is 278 Å². The van der Waals surface area contributed by atoms with Gasteiger partial charge in [-0.3, -0.25) is 9.59 Å². The van der Waals surface area contributed by atoms with Gasteiger partial charge in [-0.15, -0.1) is 0 Å². The molecule has 4 aliphatic rings. The van der Waals surface area contributed by atoms with Gasteiger partial charge < -0.3 is 4.43 Å². The fourth-order valence-electron chi connectivity index (χ4n) is 9.87. The number of hydrogen-bond acceptors (Lipinski definition) is 3. The van der Waals surface area contributed by atoms with E-state index in [-0.39, 0.29) is 46.2 Å². The lowest BCUT2D eigenvalue weighted by molar-refractivity contribution is 0.0837. The average molecular weight is 645 g/mol. The number of aromatic nitrogens is 2. The van der Waals surface area contributed by atoms with E-state index in [9.17, 15) is 9.59 Å². The second-order valence-corrected chi connectivity index (χ2v) is 22.4. The van der Waals surface area contributed by atoms with E-state index in [1.807, 2.05) is 33.6 Å². The molecule has 1 aromatic heterocycles. The lowest BCUT2D eigenvalue weighted by atomic mass is 9.63. The first-order chi connectivity index (χ1) is 21.6. The molecule has 7 unspecified atom stereocenters. The van der Waals surface area contributed by atoms with Crippen LogP contribution in [0.5, 0.6) is 0 Å². The molecule has 2 heterocycles. The van der Waals surface area contributed by atoms with Crippen LogP contribution in [0.3, 0.4) is 0 Å². The van der Waals surface area contributed by atoms with Gasteiger partial charge in [0.1, 0.15) is 0 Å². The summed E-state index contributed by atoms with van der Waals surface area (Å²) >= 11 is 0. The summed E-state index contributed by atoms with van der Waals surface area (Å²) in [6.45, 7) is 23.4. The van der Waals surface area contributed by atoms with Crippen LogP contribution in [0.2, 0.25) is 18.1 Å². The molecule has 0 spiro atoms. The molecule has 1 aromatic carbocycles. The van der Waals surface area contributed by atoms with Gasteiger partial charge in [-0.1, -0.05) is 84.2 Å². The monoisotopic (exact) mass is 644 g/mol. The largest absolute Gasteiger partial charge is 0.414 e. The third kappa shape index (κ3) is 5.57. The molecule has 2 aromatic rings. The van der Waals surface area contributed by atoms with Crippen molar-refractivity contribution in [3.8, 4) is 0 Å². The molecule has 3 saturated carbocycles. The first-order valence-electron chi connectivity index (χ1n) is 18.4. The van der Waals surface area contributed by atoms with Crippen LogP contribution in [-0.2, 0) is 4.43 Å². The highest BCUT2D eigenvalue weighted by atomic mass is 28.4. The predicted octanol–water partition coefficient (Wildman–Crippen LogP) is 9.97. The maximum atomic E-state index is 14.8. The van der Waals surface area contributed by atoms with Crippen molar-refractivity contribution in [2.24, 2.45) is 29.1 Å². The second kappa shape index (κ2) is 12.1. The molecule has 5 nitrogen and oxygen atoms in total. The van der Waals surface area contributed by atoms with Gasteiger partial charge in [-0.25, -0.2) is 9.36 Å². The Kier molecular flexibility index (Phi) is 8.83. The van der Waals surface area contributed by atoms with E-state index < -0.39 is 8.32 Å². The smallest absolute Gasteiger partial charge is 0.273 e. The van der Waals surface area contributed by atoms with Crippen LogP contribution >= 0.6 is 0 Å². The first-order valence-corrected chi connectivity index (χ1v) is 21.3. The Morgan fingerprint density at radius 3 is 2.24 bits per heavy atom. The predicted molar refractivity (Wildman–Crippen MR) is 194 cm³/mol. The summed E-state index contributed by atoms with van der Waals surface area (Å²) in [5.41, 5.74) is 4.79. The Hall–Kier alpha value is -2.18. The normalized spacial score (nSPS) is 32.0. The number of fused-ring (bicyclic) bond motifs is 5. The lowest BCUT2D eigenvalue weighted by Crippen LogP contribution is -2.46. The Morgan fingerprint density at radius 1 is 0.978 bits per heavy atom. The van der Waals surface area contributed by atoms with Crippen LogP contribution < -0.4 is 11.1 Å². The van der Waals surface area contributed by atoms with Crippen LogP contribution in [0.15, 0.2) is 56.6 Å². The van der Waals surface area contributed by atoms with Crippen molar-refractivity contribution < 1.29 is 4.43 Å². The molecule has 1 aliphatic heterocycles. The first kappa shape index (κ1) is 33.7. The zero-order valence-corrected chi connectivity index (χ0v) is 31.4. The van der Waals surface area contributed by atoms with Gasteiger partial charge in [0.05, 0.1) is 22.9 Å². The summed E-state index contributed by atoms with van der Waals surface area (Å²) in [5.74, 6) is 1.36. The van der Waals surface area contributed by atoms with Crippen LogP contribution in [-0.4, -0.2) is 23.8 Å². The van der Waals surface area contributed by atoms with Gasteiger partial charge >= 0.3 is 0 Å². The molecule has 0 N–H and O–H groups in total. The minimum absolute atomic E-state index is 0.00254.